The molecule has 8 heteroatoms. The van der Waals surface area contributed by atoms with Gasteiger partial charge in [0.25, 0.3) is 10.0 Å². The van der Waals surface area contributed by atoms with Crippen LogP contribution in [0.25, 0.3) is 0 Å². The van der Waals surface area contributed by atoms with Gasteiger partial charge in [-0.25, -0.2) is 13.1 Å². The van der Waals surface area contributed by atoms with Gasteiger partial charge < -0.3 is 5.73 Å². The van der Waals surface area contributed by atoms with Crippen LogP contribution >= 0.6 is 27.3 Å². The molecule has 0 spiro atoms. The molecule has 0 atom stereocenters. The molecule has 0 radical (unpaired) electrons. The molecule has 0 aromatic carbocycles. The minimum atomic E-state index is -3.53. The summed E-state index contributed by atoms with van der Waals surface area (Å²) in [5, 5.41) is 1.66. The predicted octanol–water partition coefficient (Wildman–Crippen LogP) is 0.664. The summed E-state index contributed by atoms with van der Waals surface area (Å²) in [5.41, 5.74) is 4.89. The molecule has 0 unspecified atom stereocenters. The Morgan fingerprint density at radius 1 is 1.60 bits per heavy atom. The van der Waals surface area contributed by atoms with Crippen molar-refractivity contribution in [3.63, 3.8) is 0 Å². The van der Waals surface area contributed by atoms with E-state index in [0.29, 0.717) is 4.47 Å². The first-order valence-electron chi connectivity index (χ1n) is 3.94. The Hall–Kier alpha value is -0.440. The number of rotatable bonds is 5. The molecule has 1 heterocycles. The summed E-state index contributed by atoms with van der Waals surface area (Å²) >= 11 is 4.22. The van der Waals surface area contributed by atoms with Gasteiger partial charge in [-0.05, 0) is 27.4 Å². The van der Waals surface area contributed by atoms with E-state index in [1.807, 2.05) is 0 Å². The number of halogens is 1. The minimum Gasteiger partial charge on any atom is -0.370 e. The maximum Gasteiger partial charge on any atom is 0.251 e. The number of hydrogen-bond donors (Lipinski definition) is 2. The van der Waals surface area contributed by atoms with E-state index in [9.17, 15) is 13.2 Å². The molecule has 3 N–H and O–H groups in total. The van der Waals surface area contributed by atoms with E-state index in [0.717, 1.165) is 11.3 Å². The Kier molecular flexibility index (Phi) is 4.26. The number of primary amides is 1. The molecule has 0 fully saturated rings. The lowest BCUT2D eigenvalue weighted by atomic mass is 10.4. The van der Waals surface area contributed by atoms with E-state index in [1.165, 1.54) is 0 Å². The first-order valence-corrected chi connectivity index (χ1v) is 7.10. The highest BCUT2D eigenvalue weighted by atomic mass is 79.9. The van der Waals surface area contributed by atoms with Gasteiger partial charge in [0.1, 0.15) is 4.21 Å². The van der Waals surface area contributed by atoms with Crippen LogP contribution in [-0.4, -0.2) is 20.9 Å². The first-order chi connectivity index (χ1) is 6.93. The standard InChI is InChI=1S/C7H9BrN2O3S2/c8-5-2-4-14-7(5)15(12,13)10-3-1-6(9)11/h2,4,10H,1,3H2,(H2,9,11). The number of sulfonamides is 1. The molecule has 1 aromatic rings. The molecule has 84 valence electrons. The molecule has 5 nitrogen and oxygen atoms in total. The molecule has 0 aliphatic rings. The summed E-state index contributed by atoms with van der Waals surface area (Å²) < 4.78 is 26.2. The highest BCUT2D eigenvalue weighted by Gasteiger charge is 2.18. The predicted molar refractivity (Wildman–Crippen MR) is 61.0 cm³/mol. The maximum atomic E-state index is 11.6. The van der Waals surface area contributed by atoms with Gasteiger partial charge in [0.05, 0.1) is 0 Å². The lowest BCUT2D eigenvalue weighted by Gasteiger charge is -2.03. The highest BCUT2D eigenvalue weighted by Crippen LogP contribution is 2.27. The van der Waals surface area contributed by atoms with Crippen LogP contribution in [0.3, 0.4) is 0 Å². The summed E-state index contributed by atoms with van der Waals surface area (Å²) in [7, 11) is -3.53. The lowest BCUT2D eigenvalue weighted by molar-refractivity contribution is -0.117. The SMILES string of the molecule is NC(=O)CCNS(=O)(=O)c1sccc1Br. The summed E-state index contributed by atoms with van der Waals surface area (Å²) in [6.45, 7) is 0.0159. The van der Waals surface area contributed by atoms with Crippen LogP contribution in [-0.2, 0) is 14.8 Å². The van der Waals surface area contributed by atoms with Crippen molar-refractivity contribution in [2.75, 3.05) is 6.54 Å². The number of hydrogen-bond acceptors (Lipinski definition) is 4. The van der Waals surface area contributed by atoms with Crippen LogP contribution in [0.2, 0.25) is 0 Å². The molecular weight excluding hydrogens is 304 g/mol. The normalized spacial score (nSPS) is 11.5. The smallest absolute Gasteiger partial charge is 0.251 e. The lowest BCUT2D eigenvalue weighted by Crippen LogP contribution is -2.27. The number of nitrogens with two attached hydrogens (primary N) is 1. The summed E-state index contributed by atoms with van der Waals surface area (Å²) in [5.74, 6) is -0.539. The maximum absolute atomic E-state index is 11.6. The van der Waals surface area contributed by atoms with E-state index in [2.05, 4.69) is 20.7 Å². The molecule has 0 aliphatic heterocycles. The van der Waals surface area contributed by atoms with Crippen molar-refractivity contribution in [1.82, 2.24) is 4.72 Å². The Balaban J connectivity index is 2.69. The molecule has 15 heavy (non-hydrogen) atoms. The Morgan fingerprint density at radius 3 is 2.73 bits per heavy atom. The molecule has 0 aliphatic carbocycles. The molecule has 0 saturated heterocycles. The quantitative estimate of drug-likeness (QED) is 0.837. The van der Waals surface area contributed by atoms with Crippen molar-refractivity contribution in [2.45, 2.75) is 10.6 Å². The van der Waals surface area contributed by atoms with Gasteiger partial charge in [-0.1, -0.05) is 0 Å². The van der Waals surface area contributed by atoms with Gasteiger partial charge in [0.2, 0.25) is 5.91 Å². The van der Waals surface area contributed by atoms with Crippen molar-refractivity contribution in [2.24, 2.45) is 5.73 Å². The van der Waals surface area contributed by atoms with Crippen LogP contribution < -0.4 is 10.5 Å². The van der Waals surface area contributed by atoms with Crippen LogP contribution in [0, 0.1) is 0 Å². The van der Waals surface area contributed by atoms with E-state index < -0.39 is 15.9 Å². The van der Waals surface area contributed by atoms with E-state index in [4.69, 9.17) is 5.73 Å². The third-order valence-corrected chi connectivity index (χ3v) is 5.62. The fraction of sp³-hybridized carbons (Fsp3) is 0.286. The van der Waals surface area contributed by atoms with E-state index >= 15 is 0 Å². The van der Waals surface area contributed by atoms with Crippen molar-refractivity contribution in [3.8, 4) is 0 Å². The number of nitrogens with one attached hydrogen (secondary N) is 1. The van der Waals surface area contributed by atoms with Gasteiger partial charge in [0, 0.05) is 17.4 Å². The van der Waals surface area contributed by atoms with Gasteiger partial charge in [0.15, 0.2) is 0 Å². The van der Waals surface area contributed by atoms with E-state index in [1.54, 1.807) is 11.4 Å². The number of carbonyl (C=O) groups is 1. The van der Waals surface area contributed by atoms with Crippen molar-refractivity contribution in [3.05, 3.63) is 15.9 Å². The minimum absolute atomic E-state index is 0.0117. The molecule has 1 rings (SSSR count). The zero-order valence-electron chi connectivity index (χ0n) is 7.57. The Labute approximate surface area is 99.8 Å². The largest absolute Gasteiger partial charge is 0.370 e. The van der Waals surface area contributed by atoms with Crippen molar-refractivity contribution in [1.29, 1.82) is 0 Å². The summed E-state index contributed by atoms with van der Waals surface area (Å²) in [6, 6.07) is 1.65. The molecule has 1 amide bonds. The second-order valence-corrected chi connectivity index (χ2v) is 6.40. The number of thiophene rings is 1. The topological polar surface area (TPSA) is 89.3 Å². The Bertz CT molecular complexity index is 455. The second kappa shape index (κ2) is 5.06. The molecule has 0 bridgehead atoms. The van der Waals surface area contributed by atoms with Crippen LogP contribution in [0.4, 0.5) is 0 Å². The average Bonchev–Trinajstić information content (AvgIpc) is 2.50. The van der Waals surface area contributed by atoms with Crippen LogP contribution in [0.5, 0.6) is 0 Å². The van der Waals surface area contributed by atoms with Crippen molar-refractivity contribution >= 4 is 43.2 Å². The van der Waals surface area contributed by atoms with Crippen LogP contribution in [0.1, 0.15) is 6.42 Å². The van der Waals surface area contributed by atoms with Gasteiger partial charge in [-0.3, -0.25) is 4.79 Å². The van der Waals surface area contributed by atoms with Gasteiger partial charge in [-0.15, -0.1) is 11.3 Å². The fourth-order valence-corrected chi connectivity index (χ4v) is 4.26. The van der Waals surface area contributed by atoms with Crippen LogP contribution in [0.15, 0.2) is 20.1 Å². The fourth-order valence-electron chi connectivity index (χ4n) is 0.846. The second-order valence-electron chi connectivity index (χ2n) is 2.67. The van der Waals surface area contributed by atoms with Crippen molar-refractivity contribution < 1.29 is 13.2 Å². The van der Waals surface area contributed by atoms with Gasteiger partial charge in [-0.2, -0.15) is 0 Å². The number of carbonyl (C=O) groups excluding carboxylic acids is 1. The average molecular weight is 313 g/mol. The monoisotopic (exact) mass is 312 g/mol. The summed E-state index contributed by atoms with van der Waals surface area (Å²) in [6.07, 6.45) is -0.0117. The van der Waals surface area contributed by atoms with Gasteiger partial charge >= 0.3 is 0 Å². The third-order valence-electron chi connectivity index (χ3n) is 1.49. The van der Waals surface area contributed by atoms with E-state index in [-0.39, 0.29) is 17.2 Å². The Morgan fingerprint density at radius 2 is 2.27 bits per heavy atom. The zero-order valence-corrected chi connectivity index (χ0v) is 10.8. The third kappa shape index (κ3) is 3.56. The first kappa shape index (κ1) is 12.6. The summed E-state index contributed by atoms with van der Waals surface area (Å²) in [4.78, 5) is 10.4. The molecule has 1 aromatic heterocycles. The molecule has 0 saturated carbocycles. The highest BCUT2D eigenvalue weighted by molar-refractivity contribution is 9.10. The number of amides is 1. The zero-order chi connectivity index (χ0) is 11.5. The molecular formula is C7H9BrN2O3S2.